The van der Waals surface area contributed by atoms with E-state index in [0.29, 0.717) is 39.6 Å². The van der Waals surface area contributed by atoms with E-state index in [2.05, 4.69) is 10.3 Å². The molecule has 34 heavy (non-hydrogen) atoms. The summed E-state index contributed by atoms with van der Waals surface area (Å²) >= 11 is 7.40. The summed E-state index contributed by atoms with van der Waals surface area (Å²) < 4.78 is 11.5. The normalized spacial score (nSPS) is 11.7. The number of amides is 1. The first-order valence-electron chi connectivity index (χ1n) is 10.6. The molecule has 170 valence electrons. The highest BCUT2D eigenvalue weighted by Gasteiger charge is 2.24. The molecule has 0 saturated carbocycles. The fraction of sp³-hybridized carbons (Fsp3) is 0.115. The Morgan fingerprint density at radius 1 is 1.06 bits per heavy atom. The zero-order valence-corrected chi connectivity index (χ0v) is 19.8. The number of anilines is 1. The molecule has 1 aliphatic rings. The van der Waals surface area contributed by atoms with Crippen molar-refractivity contribution in [3.05, 3.63) is 88.9 Å². The van der Waals surface area contributed by atoms with E-state index in [1.165, 1.54) is 11.8 Å². The molecule has 5 rings (SSSR count). The molecule has 0 radical (unpaired) electrons. The molecule has 4 aromatic rings. The summed E-state index contributed by atoms with van der Waals surface area (Å²) in [6, 6.07) is 22.5. The van der Waals surface area contributed by atoms with Crippen molar-refractivity contribution in [2.24, 2.45) is 0 Å². The number of hydrogen-bond acceptors (Lipinski definition) is 6. The van der Waals surface area contributed by atoms with Gasteiger partial charge in [0.2, 0.25) is 11.8 Å². The van der Waals surface area contributed by atoms with Crippen molar-refractivity contribution in [3.8, 4) is 28.8 Å². The number of nitrogens with one attached hydrogen (secondary N) is 1. The lowest BCUT2D eigenvalue weighted by Gasteiger charge is -2.21. The monoisotopic (exact) mass is 489 g/mol. The van der Waals surface area contributed by atoms with Gasteiger partial charge in [-0.25, -0.2) is 4.98 Å². The molecule has 1 N–H and O–H groups in total. The van der Waals surface area contributed by atoms with Gasteiger partial charge in [-0.1, -0.05) is 53.7 Å². The van der Waals surface area contributed by atoms with Crippen molar-refractivity contribution < 1.29 is 14.3 Å². The van der Waals surface area contributed by atoms with Crippen molar-refractivity contribution in [1.82, 2.24) is 9.97 Å². The number of carbonyl (C=O) groups is 1. The van der Waals surface area contributed by atoms with Crippen LogP contribution in [0.1, 0.15) is 11.1 Å². The predicted molar refractivity (Wildman–Crippen MR) is 134 cm³/mol. The van der Waals surface area contributed by atoms with Gasteiger partial charge in [0.1, 0.15) is 16.5 Å². The quantitative estimate of drug-likeness (QED) is 0.225. The van der Waals surface area contributed by atoms with Crippen LogP contribution in [0.2, 0.25) is 5.02 Å². The number of thioether (sulfide) groups is 1. The molecule has 0 bridgehead atoms. The van der Waals surface area contributed by atoms with Gasteiger partial charge in [0.15, 0.2) is 5.82 Å². The smallest absolute Gasteiger partial charge is 0.234 e. The van der Waals surface area contributed by atoms with E-state index in [9.17, 15) is 4.79 Å². The van der Waals surface area contributed by atoms with E-state index >= 15 is 0 Å². The number of fused-ring (bicyclic) bond motifs is 2. The van der Waals surface area contributed by atoms with Crippen LogP contribution in [-0.4, -0.2) is 28.7 Å². The number of methoxy groups -OCH3 is 1. The molecule has 0 atom stereocenters. The first-order valence-corrected chi connectivity index (χ1v) is 12.0. The third-order valence-electron chi connectivity index (χ3n) is 5.30. The maximum absolute atomic E-state index is 12.7. The second-order valence-corrected chi connectivity index (χ2v) is 8.97. The average molecular weight is 490 g/mol. The van der Waals surface area contributed by atoms with Crippen LogP contribution in [-0.2, 0) is 11.2 Å². The summed E-state index contributed by atoms with van der Waals surface area (Å²) in [6.07, 6.45) is 0.628. The number of benzene rings is 3. The molecular formula is C26H20ClN3O3S. The van der Waals surface area contributed by atoms with Crippen LogP contribution < -0.4 is 14.8 Å². The van der Waals surface area contributed by atoms with Gasteiger partial charge in [0.05, 0.1) is 24.1 Å². The van der Waals surface area contributed by atoms with Gasteiger partial charge in [-0.05, 0) is 48.0 Å². The maximum Gasteiger partial charge on any atom is 0.234 e. The Morgan fingerprint density at radius 2 is 1.82 bits per heavy atom. The molecular weight excluding hydrogens is 470 g/mol. The summed E-state index contributed by atoms with van der Waals surface area (Å²) in [5.41, 5.74) is 3.36. The fourth-order valence-electron chi connectivity index (χ4n) is 3.64. The zero-order chi connectivity index (χ0) is 23.5. The van der Waals surface area contributed by atoms with Gasteiger partial charge in [0.25, 0.3) is 0 Å². The maximum atomic E-state index is 12.7. The minimum Gasteiger partial charge on any atom is -0.495 e. The lowest BCUT2D eigenvalue weighted by molar-refractivity contribution is -0.113. The highest BCUT2D eigenvalue weighted by Crippen LogP contribution is 2.40. The van der Waals surface area contributed by atoms with Gasteiger partial charge >= 0.3 is 0 Å². The molecule has 0 aliphatic carbocycles. The highest BCUT2D eigenvalue weighted by atomic mass is 35.5. The molecule has 1 aromatic heterocycles. The van der Waals surface area contributed by atoms with Crippen LogP contribution in [0.4, 0.5) is 5.69 Å². The summed E-state index contributed by atoms with van der Waals surface area (Å²) in [5.74, 6) is 2.42. The van der Waals surface area contributed by atoms with Gasteiger partial charge in [0, 0.05) is 17.0 Å². The van der Waals surface area contributed by atoms with Crippen molar-refractivity contribution in [3.63, 3.8) is 0 Å². The van der Waals surface area contributed by atoms with Crippen molar-refractivity contribution in [2.75, 3.05) is 18.2 Å². The predicted octanol–water partition coefficient (Wildman–Crippen LogP) is 6.23. The third-order valence-corrected chi connectivity index (χ3v) is 6.57. The Balaban J connectivity index is 1.44. The number of carbonyl (C=O) groups excluding carboxylic acids is 1. The largest absolute Gasteiger partial charge is 0.495 e. The van der Waals surface area contributed by atoms with E-state index < -0.39 is 0 Å². The molecule has 1 amide bonds. The van der Waals surface area contributed by atoms with Crippen LogP contribution in [0, 0.1) is 0 Å². The summed E-state index contributed by atoms with van der Waals surface area (Å²) in [4.78, 5) is 22.2. The molecule has 0 saturated heterocycles. The minimum absolute atomic E-state index is 0.160. The Labute approximate surface area is 206 Å². The molecule has 3 aromatic carbocycles. The first kappa shape index (κ1) is 22.3. The molecule has 2 heterocycles. The van der Waals surface area contributed by atoms with Gasteiger partial charge in [-0.15, -0.1) is 0 Å². The Kier molecular flexibility index (Phi) is 6.38. The van der Waals surface area contributed by atoms with Crippen LogP contribution in [0.25, 0.3) is 11.4 Å². The highest BCUT2D eigenvalue weighted by molar-refractivity contribution is 8.00. The number of ether oxygens (including phenoxy) is 2. The van der Waals surface area contributed by atoms with E-state index in [1.54, 1.807) is 31.4 Å². The number of aromatic nitrogens is 2. The van der Waals surface area contributed by atoms with Crippen LogP contribution in [0.5, 0.6) is 17.4 Å². The molecule has 0 unspecified atom stereocenters. The zero-order valence-electron chi connectivity index (χ0n) is 18.2. The molecule has 1 aliphatic heterocycles. The Bertz CT molecular complexity index is 1360. The van der Waals surface area contributed by atoms with E-state index in [0.717, 1.165) is 22.4 Å². The van der Waals surface area contributed by atoms with Gasteiger partial charge in [-0.3, -0.25) is 4.79 Å². The number of rotatable bonds is 6. The lowest BCUT2D eigenvalue weighted by atomic mass is 10.0. The van der Waals surface area contributed by atoms with Crippen molar-refractivity contribution >= 4 is 35.0 Å². The van der Waals surface area contributed by atoms with Gasteiger partial charge < -0.3 is 14.8 Å². The van der Waals surface area contributed by atoms with E-state index in [1.807, 2.05) is 48.5 Å². The fourth-order valence-corrected chi connectivity index (χ4v) is 4.59. The number of halogens is 1. The lowest BCUT2D eigenvalue weighted by Crippen LogP contribution is -2.15. The van der Waals surface area contributed by atoms with Gasteiger partial charge in [-0.2, -0.15) is 4.98 Å². The molecule has 0 fully saturated rings. The summed E-state index contributed by atoms with van der Waals surface area (Å²) in [6.45, 7) is 0. The standard InChI is InChI=1S/C26H20ClN3O3S/c1-32-22-9-5-3-7-20(22)28-23(31)15-34-26-19-14-17-6-2-4-8-21(17)33-25(19)29-24(30-26)16-10-12-18(27)13-11-16/h2-13H,14-15H2,1H3,(H,28,31). The Hall–Kier alpha value is -3.55. The van der Waals surface area contributed by atoms with E-state index in [-0.39, 0.29) is 11.7 Å². The SMILES string of the molecule is COc1ccccc1NC(=O)CSc1nc(-c2ccc(Cl)cc2)nc2c1Cc1ccccc1O2. The number of hydrogen-bond donors (Lipinski definition) is 1. The second kappa shape index (κ2) is 9.75. The van der Waals surface area contributed by atoms with Crippen LogP contribution in [0.3, 0.4) is 0 Å². The minimum atomic E-state index is -0.160. The van der Waals surface area contributed by atoms with Crippen LogP contribution >= 0.6 is 23.4 Å². The number of para-hydroxylation sites is 3. The second-order valence-electron chi connectivity index (χ2n) is 7.57. The molecule has 0 spiro atoms. The topological polar surface area (TPSA) is 73.3 Å². The molecule has 6 nitrogen and oxygen atoms in total. The van der Waals surface area contributed by atoms with Crippen LogP contribution in [0.15, 0.2) is 77.8 Å². The summed E-state index contributed by atoms with van der Waals surface area (Å²) in [7, 11) is 1.57. The van der Waals surface area contributed by atoms with E-state index in [4.69, 9.17) is 26.1 Å². The number of nitrogens with zero attached hydrogens (tertiary/aromatic N) is 2. The van der Waals surface area contributed by atoms with Crippen molar-refractivity contribution in [1.29, 1.82) is 0 Å². The van der Waals surface area contributed by atoms with Crippen molar-refractivity contribution in [2.45, 2.75) is 11.4 Å². The summed E-state index contributed by atoms with van der Waals surface area (Å²) in [5, 5.41) is 4.25. The Morgan fingerprint density at radius 3 is 2.65 bits per heavy atom. The first-order chi connectivity index (χ1) is 16.6. The third kappa shape index (κ3) is 4.71. The average Bonchev–Trinajstić information content (AvgIpc) is 2.86. The molecule has 8 heteroatoms.